The van der Waals surface area contributed by atoms with Crippen LogP contribution in [0.5, 0.6) is 0 Å². The second-order valence-corrected chi connectivity index (χ2v) is 10.6. The summed E-state index contributed by atoms with van der Waals surface area (Å²) in [4.78, 5) is 0. The van der Waals surface area contributed by atoms with Crippen molar-refractivity contribution < 1.29 is 0 Å². The summed E-state index contributed by atoms with van der Waals surface area (Å²) >= 11 is 0. The molecular formula is C36H28N2. The van der Waals surface area contributed by atoms with Gasteiger partial charge in [-0.05, 0) is 103 Å². The van der Waals surface area contributed by atoms with Gasteiger partial charge in [0, 0.05) is 33.4 Å². The maximum atomic E-state index is 2.48. The molecule has 0 saturated carbocycles. The number of aromatic nitrogens is 2. The van der Waals surface area contributed by atoms with Crippen LogP contribution in [0.1, 0.15) is 40.1 Å². The number of fused-ring (bicyclic) bond motifs is 6. The van der Waals surface area contributed by atoms with Crippen LogP contribution in [0.25, 0.3) is 50.9 Å². The van der Waals surface area contributed by atoms with Gasteiger partial charge in [-0.15, -0.1) is 0 Å². The number of aryl methyl sites for hydroxylation is 1. The molecule has 2 aromatic heterocycles. The largest absolute Gasteiger partial charge is 0.313 e. The van der Waals surface area contributed by atoms with E-state index in [9.17, 15) is 0 Å². The van der Waals surface area contributed by atoms with Gasteiger partial charge in [0.1, 0.15) is 0 Å². The molecule has 2 nitrogen and oxygen atoms in total. The Balaban J connectivity index is 1.30. The Morgan fingerprint density at radius 2 is 1.47 bits per heavy atom. The van der Waals surface area contributed by atoms with E-state index in [-0.39, 0.29) is 0 Å². The van der Waals surface area contributed by atoms with E-state index in [1.165, 1.54) is 72.4 Å². The van der Waals surface area contributed by atoms with Gasteiger partial charge in [0.2, 0.25) is 0 Å². The lowest BCUT2D eigenvalue weighted by Crippen LogP contribution is -2.05. The molecular weight excluding hydrogens is 460 g/mol. The van der Waals surface area contributed by atoms with Gasteiger partial charge < -0.3 is 9.13 Å². The van der Waals surface area contributed by atoms with Crippen LogP contribution in [0.3, 0.4) is 0 Å². The molecule has 0 bridgehead atoms. The number of nitrogens with zero attached hydrogens (tertiary/aromatic N) is 2. The van der Waals surface area contributed by atoms with Gasteiger partial charge in [-0.25, -0.2) is 0 Å². The van der Waals surface area contributed by atoms with Gasteiger partial charge in [-0.2, -0.15) is 0 Å². The van der Waals surface area contributed by atoms with E-state index in [2.05, 4.69) is 131 Å². The number of para-hydroxylation sites is 2. The molecule has 6 aromatic rings. The zero-order valence-corrected chi connectivity index (χ0v) is 21.5. The third-order valence-corrected chi connectivity index (χ3v) is 8.32. The van der Waals surface area contributed by atoms with Crippen LogP contribution >= 0.6 is 0 Å². The number of allylic oxidation sites excluding steroid dienone is 2. The minimum Gasteiger partial charge on any atom is -0.313 e. The minimum atomic E-state index is 1.00. The lowest BCUT2D eigenvalue weighted by atomic mass is 9.90. The maximum absolute atomic E-state index is 2.48. The molecule has 0 atom stereocenters. The normalized spacial score (nSPS) is 14.2. The molecule has 0 unspecified atom stereocenters. The second kappa shape index (κ2) is 8.22. The second-order valence-electron chi connectivity index (χ2n) is 10.6. The molecule has 0 radical (unpaired) electrons. The smallest absolute Gasteiger partial charge is 0.0538 e. The molecule has 2 heteroatoms. The monoisotopic (exact) mass is 488 g/mol. The minimum absolute atomic E-state index is 1.00. The van der Waals surface area contributed by atoms with Crippen molar-refractivity contribution in [2.75, 3.05) is 0 Å². The van der Waals surface area contributed by atoms with Gasteiger partial charge in [-0.3, -0.25) is 0 Å². The van der Waals surface area contributed by atoms with Crippen LogP contribution < -0.4 is 0 Å². The summed E-state index contributed by atoms with van der Waals surface area (Å²) in [5.74, 6) is 0. The van der Waals surface area contributed by atoms with E-state index in [0.717, 1.165) is 19.3 Å². The average Bonchev–Trinajstić information content (AvgIpc) is 3.64. The summed E-state index contributed by atoms with van der Waals surface area (Å²) in [7, 11) is 0. The summed E-state index contributed by atoms with van der Waals surface area (Å²) in [5.41, 5.74) is 14.7. The van der Waals surface area contributed by atoms with Gasteiger partial charge in [0.05, 0.1) is 16.7 Å². The molecule has 0 N–H and O–H groups in total. The van der Waals surface area contributed by atoms with Crippen LogP contribution in [0.2, 0.25) is 0 Å². The number of rotatable bonds is 3. The summed E-state index contributed by atoms with van der Waals surface area (Å²) in [6.45, 7) is 2.17. The van der Waals surface area contributed by atoms with Crippen molar-refractivity contribution in [2.45, 2.75) is 26.2 Å². The zero-order valence-electron chi connectivity index (χ0n) is 21.5. The molecule has 0 fully saturated rings. The fraction of sp³-hybridized carbons (Fsp3) is 0.111. The molecule has 182 valence electrons. The van der Waals surface area contributed by atoms with Crippen LogP contribution in [0.4, 0.5) is 0 Å². The molecule has 0 amide bonds. The SMILES string of the molecule is Cc1cccc(-n2c3c(c4ccccc42)C=C(c2ccc4c(c2)c2c(n4-c4ccccc4)C=CC2)CC3)c1. The predicted molar refractivity (Wildman–Crippen MR) is 160 cm³/mol. The Morgan fingerprint density at radius 1 is 0.658 bits per heavy atom. The van der Waals surface area contributed by atoms with Crippen molar-refractivity contribution in [2.24, 2.45) is 0 Å². The molecule has 0 spiro atoms. The molecule has 2 aliphatic carbocycles. The average molecular weight is 489 g/mol. The lowest BCUT2D eigenvalue weighted by molar-refractivity contribution is 0.897. The summed E-state index contributed by atoms with van der Waals surface area (Å²) in [6, 6.07) is 35.6. The highest BCUT2D eigenvalue weighted by atomic mass is 15.0. The Morgan fingerprint density at radius 3 is 2.37 bits per heavy atom. The first-order valence-corrected chi connectivity index (χ1v) is 13.6. The van der Waals surface area contributed by atoms with E-state index in [4.69, 9.17) is 0 Å². The van der Waals surface area contributed by atoms with E-state index < -0.39 is 0 Å². The van der Waals surface area contributed by atoms with Gasteiger partial charge in [-0.1, -0.05) is 60.7 Å². The zero-order chi connectivity index (χ0) is 25.2. The van der Waals surface area contributed by atoms with Gasteiger partial charge >= 0.3 is 0 Å². The first-order chi connectivity index (χ1) is 18.8. The number of hydrogen-bond acceptors (Lipinski definition) is 0. The number of hydrogen-bond donors (Lipinski definition) is 0. The molecule has 0 saturated heterocycles. The first-order valence-electron chi connectivity index (χ1n) is 13.6. The van der Waals surface area contributed by atoms with Crippen molar-refractivity contribution in [3.8, 4) is 11.4 Å². The lowest BCUT2D eigenvalue weighted by Gasteiger charge is -2.18. The Labute approximate surface area is 222 Å². The van der Waals surface area contributed by atoms with Crippen molar-refractivity contribution >= 4 is 39.5 Å². The predicted octanol–water partition coefficient (Wildman–Crippen LogP) is 8.94. The van der Waals surface area contributed by atoms with E-state index in [0.29, 0.717) is 0 Å². The fourth-order valence-corrected chi connectivity index (χ4v) is 6.62. The molecule has 4 aromatic carbocycles. The van der Waals surface area contributed by atoms with Crippen molar-refractivity contribution in [3.63, 3.8) is 0 Å². The molecule has 2 aliphatic rings. The Bertz CT molecular complexity index is 1940. The third kappa shape index (κ3) is 3.13. The van der Waals surface area contributed by atoms with Crippen molar-refractivity contribution in [3.05, 3.63) is 137 Å². The summed E-state index contributed by atoms with van der Waals surface area (Å²) in [5, 5.41) is 2.71. The maximum Gasteiger partial charge on any atom is 0.0538 e. The first kappa shape index (κ1) is 21.5. The standard InChI is InChI=1S/C36H28N2/c1-24-9-7-12-28(21-24)38-33-15-6-5-13-29(33)31-22-26(18-20-36(31)38)25-17-19-35-32(23-25)30-14-8-16-34(30)37(35)27-10-3-2-4-11-27/h2-13,15-17,19,21-23H,14,18,20H2,1H3. The van der Waals surface area contributed by atoms with Crippen LogP contribution in [-0.4, -0.2) is 9.13 Å². The van der Waals surface area contributed by atoms with Crippen LogP contribution in [-0.2, 0) is 12.8 Å². The molecule has 38 heavy (non-hydrogen) atoms. The molecule has 8 rings (SSSR count). The van der Waals surface area contributed by atoms with Gasteiger partial charge in [0.15, 0.2) is 0 Å². The van der Waals surface area contributed by atoms with Crippen molar-refractivity contribution in [1.29, 1.82) is 0 Å². The summed E-state index contributed by atoms with van der Waals surface area (Å²) < 4.78 is 4.90. The quantitative estimate of drug-likeness (QED) is 0.235. The Hall–Kier alpha value is -4.56. The van der Waals surface area contributed by atoms with Crippen LogP contribution in [0, 0.1) is 6.92 Å². The van der Waals surface area contributed by atoms with Crippen molar-refractivity contribution in [1.82, 2.24) is 9.13 Å². The highest BCUT2D eigenvalue weighted by Crippen LogP contribution is 2.41. The topological polar surface area (TPSA) is 9.86 Å². The number of benzene rings is 4. The van der Waals surface area contributed by atoms with E-state index in [1.807, 2.05) is 0 Å². The third-order valence-electron chi connectivity index (χ3n) is 8.32. The van der Waals surface area contributed by atoms with E-state index in [1.54, 1.807) is 0 Å². The van der Waals surface area contributed by atoms with E-state index >= 15 is 0 Å². The summed E-state index contributed by atoms with van der Waals surface area (Å²) in [6.07, 6.45) is 10.1. The molecule has 2 heterocycles. The molecule has 0 aliphatic heterocycles. The highest BCUT2D eigenvalue weighted by molar-refractivity contribution is 6.00. The van der Waals surface area contributed by atoms with Gasteiger partial charge in [0.25, 0.3) is 0 Å². The van der Waals surface area contributed by atoms with Crippen LogP contribution in [0.15, 0.2) is 103 Å². The fourth-order valence-electron chi connectivity index (χ4n) is 6.62. The highest BCUT2D eigenvalue weighted by Gasteiger charge is 2.23. The Kier molecular flexibility index (Phi) is 4.66.